The lowest BCUT2D eigenvalue weighted by atomic mass is 10.1. The molecule has 2 heterocycles. The third-order valence-corrected chi connectivity index (χ3v) is 3.95. The molecule has 1 aromatic carbocycles. The fourth-order valence-electron chi connectivity index (χ4n) is 2.55. The first-order valence-corrected chi connectivity index (χ1v) is 7.75. The van der Waals surface area contributed by atoms with Gasteiger partial charge in [-0.1, -0.05) is 12.1 Å². The Morgan fingerprint density at radius 2 is 1.92 bits per heavy atom. The van der Waals surface area contributed by atoms with Gasteiger partial charge in [-0.25, -0.2) is 9.48 Å². The van der Waals surface area contributed by atoms with Gasteiger partial charge < -0.3 is 5.32 Å². The zero-order valence-electron chi connectivity index (χ0n) is 13.7. The third-order valence-electron chi connectivity index (χ3n) is 3.95. The van der Waals surface area contributed by atoms with Gasteiger partial charge in [0.2, 0.25) is 5.91 Å². The first-order valence-electron chi connectivity index (χ1n) is 7.75. The monoisotopic (exact) mass is 364 g/mol. The van der Waals surface area contributed by atoms with Gasteiger partial charge in [0, 0.05) is 6.20 Å². The number of amides is 1. The third kappa shape index (κ3) is 3.61. The van der Waals surface area contributed by atoms with E-state index in [-0.39, 0.29) is 6.54 Å². The van der Waals surface area contributed by atoms with Crippen LogP contribution in [-0.4, -0.2) is 20.1 Å². The molecule has 0 spiro atoms. The van der Waals surface area contributed by atoms with Crippen molar-refractivity contribution >= 4 is 11.4 Å². The normalized spacial score (nSPS) is 12.9. The van der Waals surface area contributed by atoms with Crippen molar-refractivity contribution in [3.8, 4) is 0 Å². The molecule has 3 aromatic rings. The number of alkyl halides is 3. The molecule has 3 rings (SSSR count). The number of hydrogen-bond donors (Lipinski definition) is 1. The van der Waals surface area contributed by atoms with Crippen LogP contribution in [0, 0.1) is 0 Å². The van der Waals surface area contributed by atoms with Crippen molar-refractivity contribution in [3.63, 3.8) is 0 Å². The first-order chi connectivity index (χ1) is 12.3. The number of halogens is 3. The van der Waals surface area contributed by atoms with Gasteiger partial charge in [0.15, 0.2) is 0 Å². The van der Waals surface area contributed by atoms with Gasteiger partial charge in [0.25, 0.3) is 0 Å². The van der Waals surface area contributed by atoms with Crippen LogP contribution in [0.4, 0.5) is 13.2 Å². The second-order valence-corrected chi connectivity index (χ2v) is 5.80. The Hall–Kier alpha value is -3.10. The standard InChI is InChI=1S/C17H15F3N4O2/c1-11(12-4-6-13(7-5-12)17(18,19)20)22-15(25)10-24-16(26)23-8-2-3-14(23)9-21-24/h2-9,11H,10H2,1H3,(H,22,25)/t11-/m0/s1. The lowest BCUT2D eigenvalue weighted by Crippen LogP contribution is -2.36. The summed E-state index contributed by atoms with van der Waals surface area (Å²) < 4.78 is 40.1. The van der Waals surface area contributed by atoms with E-state index in [0.29, 0.717) is 11.1 Å². The average Bonchev–Trinajstić information content (AvgIpc) is 3.06. The molecular formula is C17H15F3N4O2. The second kappa shape index (κ2) is 6.66. The van der Waals surface area contributed by atoms with E-state index in [0.717, 1.165) is 16.8 Å². The van der Waals surface area contributed by atoms with Crippen LogP contribution in [0.1, 0.15) is 24.1 Å². The highest BCUT2D eigenvalue weighted by atomic mass is 19.4. The molecule has 0 saturated carbocycles. The summed E-state index contributed by atoms with van der Waals surface area (Å²) in [6.07, 6.45) is -1.37. The summed E-state index contributed by atoms with van der Waals surface area (Å²) in [5.74, 6) is -0.474. The number of carbonyl (C=O) groups is 1. The quantitative estimate of drug-likeness (QED) is 0.773. The van der Waals surface area contributed by atoms with Crippen LogP contribution in [0.2, 0.25) is 0 Å². The summed E-state index contributed by atoms with van der Waals surface area (Å²) in [4.78, 5) is 24.3. The predicted octanol–water partition coefficient (Wildman–Crippen LogP) is 2.39. The van der Waals surface area contributed by atoms with Crippen molar-refractivity contribution in [1.82, 2.24) is 19.5 Å². The van der Waals surface area contributed by atoms with Crippen LogP contribution in [0.3, 0.4) is 0 Å². The molecule has 0 aliphatic heterocycles. The number of fused-ring (bicyclic) bond motifs is 1. The minimum absolute atomic E-state index is 0.294. The van der Waals surface area contributed by atoms with Crippen LogP contribution in [0.15, 0.2) is 53.6 Å². The summed E-state index contributed by atoms with van der Waals surface area (Å²) in [6, 6.07) is 7.43. The molecular weight excluding hydrogens is 349 g/mol. The van der Waals surface area contributed by atoms with Crippen molar-refractivity contribution < 1.29 is 18.0 Å². The van der Waals surface area contributed by atoms with Crippen molar-refractivity contribution in [1.29, 1.82) is 0 Å². The van der Waals surface area contributed by atoms with E-state index in [1.54, 1.807) is 25.3 Å². The van der Waals surface area contributed by atoms with Gasteiger partial charge in [-0.3, -0.25) is 9.20 Å². The van der Waals surface area contributed by atoms with Crippen molar-refractivity contribution in [3.05, 3.63) is 70.4 Å². The first kappa shape index (κ1) is 17.7. The van der Waals surface area contributed by atoms with Crippen molar-refractivity contribution in [2.45, 2.75) is 25.7 Å². The summed E-state index contributed by atoms with van der Waals surface area (Å²) >= 11 is 0. The molecule has 0 aliphatic rings. The predicted molar refractivity (Wildman–Crippen MR) is 87.5 cm³/mol. The van der Waals surface area contributed by atoms with Crippen molar-refractivity contribution in [2.24, 2.45) is 0 Å². The van der Waals surface area contributed by atoms with E-state index in [4.69, 9.17) is 0 Å². The van der Waals surface area contributed by atoms with E-state index in [2.05, 4.69) is 10.4 Å². The van der Waals surface area contributed by atoms with Gasteiger partial charge in [-0.05, 0) is 36.8 Å². The van der Waals surface area contributed by atoms with Crippen LogP contribution in [0.25, 0.3) is 5.52 Å². The molecule has 0 unspecified atom stereocenters. The Morgan fingerprint density at radius 3 is 2.58 bits per heavy atom. The Morgan fingerprint density at radius 1 is 1.23 bits per heavy atom. The largest absolute Gasteiger partial charge is 0.416 e. The average molecular weight is 364 g/mol. The fourth-order valence-corrected chi connectivity index (χ4v) is 2.55. The molecule has 2 aromatic heterocycles. The van der Waals surface area contributed by atoms with E-state index in [1.165, 1.54) is 22.7 Å². The Kier molecular flexibility index (Phi) is 4.54. The molecule has 9 heteroatoms. The lowest BCUT2D eigenvalue weighted by Gasteiger charge is -2.15. The summed E-state index contributed by atoms with van der Waals surface area (Å²) in [7, 11) is 0. The molecule has 1 atom stereocenters. The number of benzene rings is 1. The van der Waals surface area contributed by atoms with E-state index >= 15 is 0 Å². The zero-order valence-corrected chi connectivity index (χ0v) is 13.7. The minimum Gasteiger partial charge on any atom is -0.348 e. The molecule has 1 amide bonds. The zero-order chi connectivity index (χ0) is 18.9. The summed E-state index contributed by atoms with van der Waals surface area (Å²) in [5, 5.41) is 6.58. The Bertz CT molecular complexity index is 990. The van der Waals surface area contributed by atoms with Crippen molar-refractivity contribution in [2.75, 3.05) is 0 Å². The number of nitrogens with one attached hydrogen (secondary N) is 1. The minimum atomic E-state index is -4.41. The lowest BCUT2D eigenvalue weighted by molar-refractivity contribution is -0.137. The SMILES string of the molecule is C[C@H](NC(=O)Cn1ncc2cccn2c1=O)c1ccc(C(F)(F)F)cc1. The maximum Gasteiger partial charge on any atom is 0.416 e. The molecule has 0 radical (unpaired) electrons. The number of rotatable bonds is 4. The molecule has 136 valence electrons. The highest BCUT2D eigenvalue weighted by molar-refractivity contribution is 5.76. The summed E-state index contributed by atoms with van der Waals surface area (Å²) in [6.45, 7) is 1.35. The molecule has 1 N–H and O–H groups in total. The van der Waals surface area contributed by atoms with Gasteiger partial charge >= 0.3 is 11.9 Å². The van der Waals surface area contributed by atoms with E-state index in [9.17, 15) is 22.8 Å². The van der Waals surface area contributed by atoms with Crippen LogP contribution < -0.4 is 11.0 Å². The number of carbonyl (C=O) groups excluding carboxylic acids is 1. The smallest absolute Gasteiger partial charge is 0.348 e. The highest BCUT2D eigenvalue weighted by Gasteiger charge is 2.30. The highest BCUT2D eigenvalue weighted by Crippen LogP contribution is 2.29. The molecule has 0 saturated heterocycles. The van der Waals surface area contributed by atoms with Crippen LogP contribution in [0.5, 0.6) is 0 Å². The number of nitrogens with zero attached hydrogens (tertiary/aromatic N) is 3. The van der Waals surface area contributed by atoms with Gasteiger partial charge in [0.1, 0.15) is 6.54 Å². The molecule has 0 bridgehead atoms. The van der Waals surface area contributed by atoms with Crippen LogP contribution in [-0.2, 0) is 17.5 Å². The molecule has 0 aliphatic carbocycles. The molecule has 0 fully saturated rings. The van der Waals surface area contributed by atoms with Gasteiger partial charge in [-0.2, -0.15) is 18.3 Å². The second-order valence-electron chi connectivity index (χ2n) is 5.80. The van der Waals surface area contributed by atoms with Crippen LogP contribution >= 0.6 is 0 Å². The van der Waals surface area contributed by atoms with E-state index < -0.39 is 29.4 Å². The maximum atomic E-state index is 12.6. The number of hydrogen-bond acceptors (Lipinski definition) is 3. The number of aromatic nitrogens is 3. The maximum absolute atomic E-state index is 12.6. The Balaban J connectivity index is 1.69. The van der Waals surface area contributed by atoms with Gasteiger partial charge in [0.05, 0.1) is 23.3 Å². The molecule has 26 heavy (non-hydrogen) atoms. The summed E-state index contributed by atoms with van der Waals surface area (Å²) in [5.41, 5.74) is -0.0716. The fraction of sp³-hybridized carbons (Fsp3) is 0.235. The Labute approximate surface area is 145 Å². The van der Waals surface area contributed by atoms with E-state index in [1.807, 2.05) is 0 Å². The van der Waals surface area contributed by atoms with Gasteiger partial charge in [-0.15, -0.1) is 0 Å². The molecule has 6 nitrogen and oxygen atoms in total. The topological polar surface area (TPSA) is 68.4 Å².